The van der Waals surface area contributed by atoms with Gasteiger partial charge in [0.1, 0.15) is 0 Å². The molecule has 1 rings (SSSR count). The molecule has 3 heteroatoms. The molecule has 0 spiro atoms. The Morgan fingerprint density at radius 3 is 2.08 bits per heavy atom. The fourth-order valence-corrected chi connectivity index (χ4v) is 2.12. The van der Waals surface area contributed by atoms with Gasteiger partial charge in [0.15, 0.2) is 0 Å². The van der Waals surface area contributed by atoms with Gasteiger partial charge in [-0.25, -0.2) is 0 Å². The third-order valence-electron chi connectivity index (χ3n) is 1.81. The molecule has 61 valence electrons. The van der Waals surface area contributed by atoms with Gasteiger partial charge in [-0.1, -0.05) is 48.6 Å². The summed E-state index contributed by atoms with van der Waals surface area (Å²) in [5, 5.41) is 11.9. The van der Waals surface area contributed by atoms with Crippen molar-refractivity contribution in [1.29, 1.82) is 0 Å². The average molecular weight is 431 g/mol. The topological polar surface area (TPSA) is 19.9 Å². The van der Waals surface area contributed by atoms with Crippen LogP contribution in [0.1, 0.15) is 0 Å². The molecule has 0 amide bonds. The Labute approximate surface area is 68.7 Å². The first-order chi connectivity index (χ1) is 5.17. The maximum Gasteiger partial charge on any atom is 0 e. The first kappa shape index (κ1) is 10.4. The zero-order valence-electron chi connectivity index (χ0n) is 7.58. The van der Waals surface area contributed by atoms with Gasteiger partial charge in [0, 0.05) is 0 Å². The van der Waals surface area contributed by atoms with Crippen molar-refractivity contribution in [3.63, 3.8) is 0 Å². The Hall–Kier alpha value is -1.60. The molecule has 1 nitrogen and oxygen atoms in total. The van der Waals surface area contributed by atoms with Crippen LogP contribution in [-0.2, 0) is 5.11 Å². The van der Waals surface area contributed by atoms with E-state index in [0.29, 0.717) is 0 Å². The summed E-state index contributed by atoms with van der Waals surface area (Å²) in [4.78, 5) is 0. The van der Waals surface area contributed by atoms with E-state index in [4.69, 9.17) is 0 Å². The van der Waals surface area contributed by atoms with Crippen molar-refractivity contribution in [2.24, 2.45) is 0 Å². The van der Waals surface area contributed by atoms with Crippen LogP contribution in [0.5, 0.6) is 0 Å². The molecule has 0 aliphatic carbocycles. The van der Waals surface area contributed by atoms with E-state index >= 15 is 0 Å². The second-order valence-corrected chi connectivity index (χ2v) is 7.46. The normalized spacial score (nSPS) is 10.6. The van der Waals surface area contributed by atoms with Gasteiger partial charge in [0.05, 0.1) is 0 Å². The summed E-state index contributed by atoms with van der Waals surface area (Å²) < 4.78 is 0. The summed E-state index contributed by atoms with van der Waals surface area (Å²) >= 11 is 0. The van der Waals surface area contributed by atoms with Crippen LogP contribution in [0, 0.1) is 6.23 Å². The average Bonchev–Trinajstić information content (AvgIpc) is 2.06. The van der Waals surface area contributed by atoms with Gasteiger partial charge in [0.25, 0.3) is 0 Å². The zero-order chi connectivity index (χ0) is 8.32. The molecule has 1 aromatic carbocycles. The molecule has 12 heavy (non-hydrogen) atoms. The predicted octanol–water partition coefficient (Wildman–Crippen LogP) is 1.73. The Balaban J connectivity index is 0.00000121. The van der Waals surface area contributed by atoms with Gasteiger partial charge >= 0.3 is 0 Å². The fraction of sp³-hybridized carbons (Fsp3) is 0.222. The van der Waals surface area contributed by atoms with E-state index in [1.54, 1.807) is 0 Å². The summed E-state index contributed by atoms with van der Waals surface area (Å²) in [6.45, 7) is 4.10. The van der Waals surface area contributed by atoms with Crippen molar-refractivity contribution in [2.45, 2.75) is 13.1 Å². The van der Waals surface area contributed by atoms with Gasteiger partial charge in [-0.2, -0.15) is 6.23 Å². The van der Waals surface area contributed by atoms with E-state index < -0.39 is 8.07 Å². The van der Waals surface area contributed by atoms with Gasteiger partial charge in [0.2, 0.25) is 0 Å². The Bertz CT molecular complexity index is 223. The van der Waals surface area contributed by atoms with E-state index in [1.165, 1.54) is 5.19 Å². The van der Waals surface area contributed by atoms with Crippen LogP contribution in [0.25, 0.3) is 0 Å². The molecule has 0 atom stereocenters. The smallest absolute Gasteiger partial charge is 0 e. The summed E-state index contributed by atoms with van der Waals surface area (Å²) in [7, 11) is -1.73. The van der Waals surface area contributed by atoms with Crippen molar-refractivity contribution < 1.29 is 5.11 Å². The van der Waals surface area contributed by atoms with E-state index in [1.807, 2.05) is 30.3 Å². The zero-order valence-corrected chi connectivity index (χ0v) is 15.0. The van der Waals surface area contributed by atoms with Crippen LogP contribution in [-0.4, -0.2) is 8.07 Å². The molecule has 0 fully saturated rings. The van der Waals surface area contributed by atoms with Gasteiger partial charge in [-0.05, 0) is 8.07 Å². The van der Waals surface area contributed by atoms with Gasteiger partial charge in [-0.15, -0.1) is 0 Å². The number of hydrogen-bond acceptors (Lipinski definition) is 0. The largest absolute Gasteiger partial charge is 0.448 e. The molecule has 0 heterocycles. The second kappa shape index (κ2) is 3.69. The number of rotatable bonds is 2. The van der Waals surface area contributed by atoms with E-state index in [2.05, 4.69) is 13.1 Å². The van der Waals surface area contributed by atoms with Crippen molar-refractivity contribution in [3.05, 3.63) is 36.6 Å². The van der Waals surface area contributed by atoms with E-state index in [-0.39, 0.29) is 0 Å². The SMILES string of the molecule is C[Si](C)([CH-][O])c1ccccc1.[Rf]. The third kappa shape index (κ3) is 1.94. The number of benzene rings is 1. The maximum absolute atomic E-state index is 10.7. The van der Waals surface area contributed by atoms with Gasteiger partial charge in [-0.3, -0.25) is 0 Å². The molecule has 0 unspecified atom stereocenters. The predicted molar refractivity (Wildman–Crippen MR) is 48.5 cm³/mol. The minimum atomic E-state index is -1.73. The standard InChI is InChI=1S/C9H12OSi.Rf/c1-11(2,8-10)9-6-4-3-5-7-9;/h3-8H,1-2H3;/q-1;. The van der Waals surface area contributed by atoms with Crippen LogP contribution >= 0.6 is 0 Å². The molecule has 0 aliphatic heterocycles. The summed E-state index contributed by atoms with van der Waals surface area (Å²) in [5.74, 6) is 0. The van der Waals surface area contributed by atoms with Crippen LogP contribution in [0.4, 0.5) is 0 Å². The Kier molecular flexibility index (Phi) is 3.20. The Morgan fingerprint density at radius 2 is 1.67 bits per heavy atom. The van der Waals surface area contributed by atoms with Gasteiger partial charge < -0.3 is 5.11 Å². The maximum atomic E-state index is 10.7. The van der Waals surface area contributed by atoms with Crippen molar-refractivity contribution in [1.82, 2.24) is 0 Å². The minimum Gasteiger partial charge on any atom is -0.448 e. The molecule has 0 saturated heterocycles. The van der Waals surface area contributed by atoms with Crippen molar-refractivity contribution in [2.75, 3.05) is 0 Å². The molecular weight excluding hydrogens is 419 g/mol. The summed E-state index contributed by atoms with van der Waals surface area (Å²) in [5.41, 5.74) is 0. The molecule has 0 aliphatic rings. The Morgan fingerprint density at radius 1 is 1.17 bits per heavy atom. The molecule has 1 radical (unpaired) electrons. The molecule has 0 saturated carbocycles. The number of hydrogen-bond donors (Lipinski definition) is 0. The first-order valence-corrected chi connectivity index (χ1v) is 6.76. The second-order valence-electron chi connectivity index (χ2n) is 3.21. The molecule has 0 bridgehead atoms. The molecule has 1 aromatic rings. The molecular formula is C9H12ORfSi-. The van der Waals surface area contributed by atoms with Crippen molar-refractivity contribution in [3.8, 4) is 0 Å². The van der Waals surface area contributed by atoms with Crippen molar-refractivity contribution >= 4 is 13.3 Å². The van der Waals surface area contributed by atoms with Crippen LogP contribution in [0.2, 0.25) is 13.1 Å². The first-order valence-electron chi connectivity index (χ1n) is 3.69. The quantitative estimate of drug-likeness (QED) is 0.503. The summed E-state index contributed by atoms with van der Waals surface area (Å²) in [6, 6.07) is 9.99. The van der Waals surface area contributed by atoms with Crippen LogP contribution in [0.15, 0.2) is 30.3 Å². The third-order valence-corrected chi connectivity index (χ3v) is 4.22. The van der Waals surface area contributed by atoms with Crippen LogP contribution in [0.3, 0.4) is 0 Å². The fourth-order valence-electron chi connectivity index (χ4n) is 0.936. The molecule has 0 aromatic heterocycles. The summed E-state index contributed by atoms with van der Waals surface area (Å²) in [6.07, 6.45) is 1.11. The molecule has 0 N–H and O–H groups in total. The van der Waals surface area contributed by atoms with E-state index in [0.717, 1.165) is 6.23 Å². The minimum absolute atomic E-state index is 0. The monoisotopic (exact) mass is 431 g/mol. The van der Waals surface area contributed by atoms with Crippen LogP contribution < -0.4 is 5.19 Å². The van der Waals surface area contributed by atoms with E-state index in [9.17, 15) is 5.11 Å².